The van der Waals surface area contributed by atoms with Crippen LogP contribution in [0.1, 0.15) is 42.9 Å². The Morgan fingerprint density at radius 3 is 3.06 bits per heavy atom. The van der Waals surface area contributed by atoms with Crippen LogP contribution in [0.25, 0.3) is 0 Å². The van der Waals surface area contributed by atoms with Crippen molar-refractivity contribution in [3.63, 3.8) is 0 Å². The quantitative estimate of drug-likeness (QED) is 0.880. The molecule has 2 atom stereocenters. The molecule has 1 aliphatic heterocycles. The van der Waals surface area contributed by atoms with Gasteiger partial charge in [0.1, 0.15) is 0 Å². The van der Waals surface area contributed by atoms with Crippen LogP contribution in [0.2, 0.25) is 0 Å². The van der Waals surface area contributed by atoms with Crippen molar-refractivity contribution >= 4 is 11.3 Å². The lowest BCUT2D eigenvalue weighted by atomic mass is 9.99. The normalized spacial score (nSPS) is 24.6. The Labute approximate surface area is 102 Å². The highest BCUT2D eigenvalue weighted by Gasteiger charge is 2.27. The van der Waals surface area contributed by atoms with Crippen LogP contribution in [0.4, 0.5) is 0 Å². The van der Waals surface area contributed by atoms with Gasteiger partial charge in [-0.3, -0.25) is 4.90 Å². The van der Waals surface area contributed by atoms with E-state index in [4.69, 9.17) is 5.73 Å². The molecule has 3 nitrogen and oxygen atoms in total. The van der Waals surface area contributed by atoms with Gasteiger partial charge in [-0.15, -0.1) is 11.3 Å². The van der Waals surface area contributed by atoms with E-state index in [1.807, 2.05) is 0 Å². The average Bonchev–Trinajstić information content (AvgIpc) is 2.75. The van der Waals surface area contributed by atoms with Gasteiger partial charge in [0.2, 0.25) is 0 Å². The fraction of sp³-hybridized carbons (Fsp3) is 0.750. The summed E-state index contributed by atoms with van der Waals surface area (Å²) in [6.07, 6.45) is 3.86. The molecule has 2 unspecified atom stereocenters. The molecule has 0 amide bonds. The topological polar surface area (TPSA) is 42.2 Å². The Morgan fingerprint density at radius 2 is 2.44 bits per heavy atom. The number of hydrogen-bond acceptors (Lipinski definition) is 4. The van der Waals surface area contributed by atoms with Crippen LogP contribution >= 0.6 is 11.3 Å². The molecular weight excluding hydrogens is 218 g/mol. The standard InChI is InChI=1S/C12H21N3S/c1-9(12-8-16-10(2)14-12)15-6-4-3-5-11(15)7-13/h8-9,11H,3-7,13H2,1-2H3. The van der Waals surface area contributed by atoms with E-state index in [0.29, 0.717) is 12.1 Å². The summed E-state index contributed by atoms with van der Waals surface area (Å²) in [4.78, 5) is 7.12. The molecule has 1 aliphatic rings. The number of nitrogens with two attached hydrogens (primary N) is 1. The molecule has 0 aliphatic carbocycles. The number of hydrogen-bond donors (Lipinski definition) is 1. The number of piperidine rings is 1. The summed E-state index contributed by atoms with van der Waals surface area (Å²) in [6, 6.07) is 0.963. The van der Waals surface area contributed by atoms with Gasteiger partial charge in [0.05, 0.1) is 16.7 Å². The van der Waals surface area contributed by atoms with Crippen molar-refractivity contribution in [1.82, 2.24) is 9.88 Å². The molecule has 1 fully saturated rings. The van der Waals surface area contributed by atoms with Gasteiger partial charge in [-0.25, -0.2) is 4.98 Å². The van der Waals surface area contributed by atoms with Crippen molar-refractivity contribution in [1.29, 1.82) is 0 Å². The van der Waals surface area contributed by atoms with Crippen molar-refractivity contribution in [3.05, 3.63) is 16.1 Å². The van der Waals surface area contributed by atoms with Crippen LogP contribution in [0.3, 0.4) is 0 Å². The van der Waals surface area contributed by atoms with Crippen molar-refractivity contribution in [2.75, 3.05) is 13.1 Å². The van der Waals surface area contributed by atoms with Gasteiger partial charge in [0, 0.05) is 18.0 Å². The monoisotopic (exact) mass is 239 g/mol. The van der Waals surface area contributed by atoms with Crippen LogP contribution in [-0.2, 0) is 0 Å². The molecule has 4 heteroatoms. The molecule has 0 saturated carbocycles. The second kappa shape index (κ2) is 5.25. The van der Waals surface area contributed by atoms with Crippen LogP contribution < -0.4 is 5.73 Å². The number of thiazole rings is 1. The highest BCUT2D eigenvalue weighted by Crippen LogP contribution is 2.28. The van der Waals surface area contributed by atoms with E-state index in [1.165, 1.54) is 31.5 Å². The van der Waals surface area contributed by atoms with Crippen molar-refractivity contribution < 1.29 is 0 Å². The minimum absolute atomic E-state index is 0.416. The number of likely N-dealkylation sites (tertiary alicyclic amines) is 1. The second-order valence-corrected chi connectivity index (χ2v) is 5.65. The summed E-state index contributed by atoms with van der Waals surface area (Å²) in [5, 5.41) is 3.34. The minimum atomic E-state index is 0.416. The van der Waals surface area contributed by atoms with E-state index < -0.39 is 0 Å². The molecule has 16 heavy (non-hydrogen) atoms. The lowest BCUT2D eigenvalue weighted by molar-refractivity contribution is 0.106. The summed E-state index contributed by atoms with van der Waals surface area (Å²) in [5.41, 5.74) is 7.07. The SMILES string of the molecule is Cc1nc(C(C)N2CCCCC2CN)cs1. The first-order valence-electron chi connectivity index (χ1n) is 6.10. The van der Waals surface area contributed by atoms with Crippen molar-refractivity contribution in [2.24, 2.45) is 5.73 Å². The van der Waals surface area contributed by atoms with Crippen molar-refractivity contribution in [2.45, 2.75) is 45.2 Å². The predicted molar refractivity (Wildman–Crippen MR) is 68.7 cm³/mol. The summed E-state index contributed by atoms with van der Waals surface area (Å²) in [7, 11) is 0. The fourth-order valence-electron chi connectivity index (χ4n) is 2.53. The molecule has 90 valence electrons. The van der Waals surface area contributed by atoms with Crippen LogP contribution in [0, 0.1) is 6.92 Å². The van der Waals surface area contributed by atoms with Gasteiger partial charge in [0.15, 0.2) is 0 Å². The lowest BCUT2D eigenvalue weighted by Gasteiger charge is -2.38. The molecule has 1 saturated heterocycles. The Bertz CT molecular complexity index is 337. The highest BCUT2D eigenvalue weighted by atomic mass is 32.1. The first kappa shape index (κ1) is 12.0. The van der Waals surface area contributed by atoms with E-state index >= 15 is 0 Å². The Balaban J connectivity index is 2.10. The molecule has 0 radical (unpaired) electrons. The van der Waals surface area contributed by atoms with E-state index in [0.717, 1.165) is 11.6 Å². The van der Waals surface area contributed by atoms with Gasteiger partial charge in [-0.05, 0) is 33.2 Å². The third-order valence-electron chi connectivity index (χ3n) is 3.51. The molecular formula is C12H21N3S. The van der Waals surface area contributed by atoms with Crippen molar-refractivity contribution in [3.8, 4) is 0 Å². The predicted octanol–water partition coefficient (Wildman–Crippen LogP) is 2.33. The molecule has 2 N–H and O–H groups in total. The molecule has 1 aromatic heterocycles. The van der Waals surface area contributed by atoms with Crippen LogP contribution in [0.5, 0.6) is 0 Å². The van der Waals surface area contributed by atoms with E-state index in [-0.39, 0.29) is 0 Å². The maximum absolute atomic E-state index is 5.86. The summed E-state index contributed by atoms with van der Waals surface area (Å²) in [5.74, 6) is 0. The first-order chi connectivity index (χ1) is 7.72. The van der Waals surface area contributed by atoms with Gasteiger partial charge in [0.25, 0.3) is 0 Å². The largest absolute Gasteiger partial charge is 0.329 e. The zero-order valence-electron chi connectivity index (χ0n) is 10.1. The lowest BCUT2D eigenvalue weighted by Crippen LogP contribution is -2.45. The minimum Gasteiger partial charge on any atom is -0.329 e. The van der Waals surface area contributed by atoms with E-state index in [2.05, 4.69) is 29.1 Å². The summed E-state index contributed by atoms with van der Waals surface area (Å²) >= 11 is 1.74. The van der Waals surface area contributed by atoms with Crippen LogP contribution in [0.15, 0.2) is 5.38 Å². The highest BCUT2D eigenvalue weighted by molar-refractivity contribution is 7.09. The Hall–Kier alpha value is -0.450. The zero-order chi connectivity index (χ0) is 11.5. The third-order valence-corrected chi connectivity index (χ3v) is 4.30. The number of aryl methyl sites for hydroxylation is 1. The average molecular weight is 239 g/mol. The molecule has 1 aromatic rings. The van der Waals surface area contributed by atoms with Crippen LogP contribution in [-0.4, -0.2) is 29.0 Å². The molecule has 2 heterocycles. The molecule has 0 bridgehead atoms. The van der Waals surface area contributed by atoms with Gasteiger partial charge in [-0.2, -0.15) is 0 Å². The number of nitrogens with zero attached hydrogens (tertiary/aromatic N) is 2. The Morgan fingerprint density at radius 1 is 1.62 bits per heavy atom. The maximum atomic E-state index is 5.86. The van der Waals surface area contributed by atoms with Gasteiger partial charge < -0.3 is 5.73 Å². The zero-order valence-corrected chi connectivity index (χ0v) is 11.0. The van der Waals surface area contributed by atoms with E-state index in [9.17, 15) is 0 Å². The summed E-state index contributed by atoms with van der Waals surface area (Å²) in [6.45, 7) is 6.26. The number of rotatable bonds is 3. The van der Waals surface area contributed by atoms with E-state index in [1.54, 1.807) is 11.3 Å². The smallest absolute Gasteiger partial charge is 0.0898 e. The molecule has 0 aromatic carbocycles. The third kappa shape index (κ3) is 2.44. The fourth-order valence-corrected chi connectivity index (χ4v) is 3.23. The summed E-state index contributed by atoms with van der Waals surface area (Å²) < 4.78 is 0. The van der Waals surface area contributed by atoms with Gasteiger partial charge >= 0.3 is 0 Å². The first-order valence-corrected chi connectivity index (χ1v) is 6.98. The van der Waals surface area contributed by atoms with Gasteiger partial charge in [-0.1, -0.05) is 6.42 Å². The number of aromatic nitrogens is 1. The maximum Gasteiger partial charge on any atom is 0.0898 e. The molecule has 2 rings (SSSR count). The Kier molecular flexibility index (Phi) is 3.95. The second-order valence-electron chi connectivity index (χ2n) is 4.59. The molecule has 0 spiro atoms.